The molecule has 0 spiro atoms. The van der Waals surface area contributed by atoms with Crippen LogP contribution in [0.25, 0.3) is 0 Å². The lowest BCUT2D eigenvalue weighted by Gasteiger charge is -2.45. The fourth-order valence-corrected chi connectivity index (χ4v) is 8.06. The molecule has 1 saturated carbocycles. The molecule has 7 N–H and O–H groups in total. The number of aliphatic hydroxyl groups is 2. The summed E-state index contributed by atoms with van der Waals surface area (Å²) in [4.78, 5) is 53.0. The van der Waals surface area contributed by atoms with Crippen LogP contribution in [0, 0.1) is 5.92 Å². The van der Waals surface area contributed by atoms with E-state index >= 15 is 0 Å². The number of carboxylic acid groups (broad SMARTS) is 1. The van der Waals surface area contributed by atoms with Crippen molar-refractivity contribution >= 4 is 36.0 Å². The maximum absolute atomic E-state index is 14.2. The molecule has 15 heteroatoms. The predicted octanol–water partition coefficient (Wildman–Crippen LogP) is 0.482. The van der Waals surface area contributed by atoms with Crippen molar-refractivity contribution in [2.24, 2.45) is 11.7 Å². The Bertz CT molecular complexity index is 1150. The number of amides is 3. The second kappa shape index (κ2) is 12.9. The minimum atomic E-state index is -1.72. The second-order valence-corrected chi connectivity index (χ2v) is 13.6. The topological polar surface area (TPSA) is 213 Å². The molecule has 0 radical (unpaired) electrons. The van der Waals surface area contributed by atoms with E-state index in [1.54, 1.807) is 30.5 Å². The first-order valence-corrected chi connectivity index (χ1v) is 15.7. The fourth-order valence-electron chi connectivity index (χ4n) is 6.84. The highest BCUT2D eigenvalue weighted by Crippen LogP contribution is 2.40. The van der Waals surface area contributed by atoms with Gasteiger partial charge in [0, 0.05) is 6.54 Å². The normalized spacial score (nSPS) is 25.7. The van der Waals surface area contributed by atoms with E-state index in [-0.39, 0.29) is 25.3 Å². The molecule has 1 aromatic rings. The van der Waals surface area contributed by atoms with Gasteiger partial charge in [0.2, 0.25) is 11.8 Å². The van der Waals surface area contributed by atoms with E-state index in [1.165, 1.54) is 10.9 Å². The van der Waals surface area contributed by atoms with Crippen LogP contribution in [-0.2, 0) is 20.0 Å². The van der Waals surface area contributed by atoms with E-state index in [0.29, 0.717) is 36.3 Å². The van der Waals surface area contributed by atoms with E-state index in [4.69, 9.17) is 5.73 Å². The first-order chi connectivity index (χ1) is 19.8. The van der Waals surface area contributed by atoms with Crippen LogP contribution in [0.2, 0.25) is 0 Å². The summed E-state index contributed by atoms with van der Waals surface area (Å²) in [6.45, 7) is 3.22. The third kappa shape index (κ3) is 6.74. The highest BCUT2D eigenvalue weighted by atomic mass is 32.2. The van der Waals surface area contributed by atoms with E-state index in [9.17, 15) is 34.5 Å². The average molecular weight is 610 g/mol. The Balaban J connectivity index is 1.75. The van der Waals surface area contributed by atoms with Crippen LogP contribution in [0.5, 0.6) is 0 Å². The van der Waals surface area contributed by atoms with Gasteiger partial charge in [0.25, 0.3) is 0 Å². The molecule has 1 aromatic heterocycles. The van der Waals surface area contributed by atoms with Gasteiger partial charge in [-0.25, -0.2) is 9.48 Å². The summed E-state index contributed by atoms with van der Waals surface area (Å²) < 4.78 is 1.52. The maximum atomic E-state index is 14.2. The lowest BCUT2D eigenvalue weighted by molar-refractivity contribution is -0.139. The van der Waals surface area contributed by atoms with Gasteiger partial charge in [-0.15, -0.1) is 5.10 Å². The van der Waals surface area contributed by atoms with Crippen molar-refractivity contribution in [2.75, 3.05) is 18.1 Å². The van der Waals surface area contributed by atoms with Crippen LogP contribution in [0.4, 0.5) is 4.79 Å². The van der Waals surface area contributed by atoms with Crippen molar-refractivity contribution in [1.82, 2.24) is 30.5 Å². The summed E-state index contributed by atoms with van der Waals surface area (Å²) in [5, 5.41) is 45.0. The molecule has 3 heterocycles. The fraction of sp³-hybridized carbons (Fsp3) is 0.778. The molecule has 3 amide bonds. The number of carbonyl (C=O) groups excluding carboxylic acids is 3. The van der Waals surface area contributed by atoms with Crippen LogP contribution in [0.15, 0.2) is 6.20 Å². The lowest BCUT2D eigenvalue weighted by Crippen LogP contribution is -2.68. The molecule has 4 rings (SSSR count). The largest absolute Gasteiger partial charge is 0.465 e. The summed E-state index contributed by atoms with van der Waals surface area (Å²) in [5.74, 6) is -0.258. The third-order valence-corrected chi connectivity index (χ3v) is 10.0. The zero-order valence-electron chi connectivity index (χ0n) is 24.2. The molecule has 2 aliphatic heterocycles. The number of nitrogens with two attached hydrogens (primary N) is 1. The number of thioether (sulfide) groups is 1. The SMILES string of the molecule is CC(C)(O)c1cnnn1[C@H]1C[C@@H](C(=O)NC2(C(O)C(N)=O)CCSCC2)N([C@@](C=O)(CC2CCCCC2)NC(=O)O)C1. The van der Waals surface area contributed by atoms with Gasteiger partial charge in [0.1, 0.15) is 5.60 Å². The Kier molecular flexibility index (Phi) is 9.85. The molecule has 3 fully saturated rings. The van der Waals surface area contributed by atoms with Gasteiger partial charge in [-0.05, 0) is 57.0 Å². The highest BCUT2D eigenvalue weighted by Gasteiger charge is 2.53. The number of hydrogen-bond donors (Lipinski definition) is 6. The Hall–Kier alpha value is -2.75. The third-order valence-electron chi connectivity index (χ3n) is 9.03. The Labute approximate surface area is 249 Å². The van der Waals surface area contributed by atoms with Gasteiger partial charge in [0.15, 0.2) is 18.1 Å². The number of likely N-dealkylation sites (tertiary alicyclic amines) is 1. The number of aliphatic hydroxyl groups excluding tert-OH is 1. The van der Waals surface area contributed by atoms with Crippen LogP contribution in [0.3, 0.4) is 0 Å². The molecular weight excluding hydrogens is 566 g/mol. The van der Waals surface area contributed by atoms with Crippen molar-refractivity contribution < 1.29 is 34.5 Å². The molecular formula is C27H43N7O7S. The molecule has 1 unspecified atom stereocenters. The number of rotatable bonds is 11. The van der Waals surface area contributed by atoms with Crippen molar-refractivity contribution in [2.45, 2.75) is 107 Å². The summed E-state index contributed by atoms with van der Waals surface area (Å²) in [7, 11) is 0. The monoisotopic (exact) mass is 609 g/mol. The Morgan fingerprint density at radius 1 is 1.24 bits per heavy atom. The van der Waals surface area contributed by atoms with Crippen LogP contribution in [-0.4, -0.2) is 101 Å². The summed E-state index contributed by atoms with van der Waals surface area (Å²) >= 11 is 1.63. The minimum absolute atomic E-state index is 0.0531. The first-order valence-electron chi connectivity index (χ1n) is 14.6. The number of nitrogens with zero attached hydrogens (tertiary/aromatic N) is 4. The van der Waals surface area contributed by atoms with E-state index in [1.807, 2.05) is 0 Å². The Morgan fingerprint density at radius 2 is 1.90 bits per heavy atom. The molecule has 0 bridgehead atoms. The summed E-state index contributed by atoms with van der Waals surface area (Å²) in [6.07, 6.45) is 4.57. The maximum Gasteiger partial charge on any atom is 0.406 e. The summed E-state index contributed by atoms with van der Waals surface area (Å²) in [5.41, 5.74) is 1.55. The van der Waals surface area contributed by atoms with Gasteiger partial charge >= 0.3 is 6.09 Å². The van der Waals surface area contributed by atoms with Crippen LogP contribution in [0.1, 0.15) is 83.4 Å². The lowest BCUT2D eigenvalue weighted by atomic mass is 9.82. The average Bonchev–Trinajstić information content (AvgIpc) is 3.61. The summed E-state index contributed by atoms with van der Waals surface area (Å²) in [6, 6.07) is -1.59. The van der Waals surface area contributed by atoms with Gasteiger partial charge in [-0.3, -0.25) is 24.6 Å². The Morgan fingerprint density at radius 3 is 2.48 bits per heavy atom. The van der Waals surface area contributed by atoms with Crippen molar-refractivity contribution in [3.63, 3.8) is 0 Å². The molecule has 1 aliphatic carbocycles. The smallest absolute Gasteiger partial charge is 0.406 e. The van der Waals surface area contributed by atoms with E-state index < -0.39 is 52.9 Å². The first kappa shape index (κ1) is 32.2. The second-order valence-electron chi connectivity index (χ2n) is 12.4. The van der Waals surface area contributed by atoms with Gasteiger partial charge in [-0.1, -0.05) is 37.3 Å². The number of nitrogens with one attached hydrogen (secondary N) is 2. The highest BCUT2D eigenvalue weighted by molar-refractivity contribution is 7.99. The standard InChI is InChI=1S/C27H43N7O7S/c1-25(2,41)20-14-29-32-34(20)18-12-19(23(38)30-26(21(36)22(28)37)8-10-42-11-9-26)33(15-18)27(16-35,31-24(39)40)13-17-6-4-3-5-7-17/h14,16-19,21,31,36,41H,3-13,15H2,1-2H3,(H2,28,37)(H,30,38)(H,39,40)/t18-,19-,21?,27+/m0/s1. The van der Waals surface area contributed by atoms with E-state index in [0.717, 1.165) is 32.1 Å². The molecule has 3 aliphatic rings. The number of hydrogen-bond acceptors (Lipinski definition) is 10. The quantitative estimate of drug-likeness (QED) is 0.190. The molecule has 4 atom stereocenters. The zero-order valence-corrected chi connectivity index (χ0v) is 25.0. The number of aldehydes is 1. The molecule has 234 valence electrons. The molecule has 2 saturated heterocycles. The van der Waals surface area contributed by atoms with Gasteiger partial charge < -0.3 is 26.4 Å². The van der Waals surface area contributed by atoms with Crippen LogP contribution < -0.4 is 16.4 Å². The predicted molar refractivity (Wildman–Crippen MR) is 153 cm³/mol. The number of carbonyl (C=O) groups is 4. The van der Waals surface area contributed by atoms with Gasteiger partial charge in [-0.2, -0.15) is 11.8 Å². The van der Waals surface area contributed by atoms with Gasteiger partial charge in [0.05, 0.1) is 29.5 Å². The molecule has 14 nitrogen and oxygen atoms in total. The minimum Gasteiger partial charge on any atom is -0.465 e. The van der Waals surface area contributed by atoms with Crippen molar-refractivity contribution in [3.05, 3.63) is 11.9 Å². The van der Waals surface area contributed by atoms with E-state index in [2.05, 4.69) is 20.9 Å². The number of primary amides is 1. The van der Waals surface area contributed by atoms with Crippen molar-refractivity contribution in [3.8, 4) is 0 Å². The molecule has 42 heavy (non-hydrogen) atoms. The van der Waals surface area contributed by atoms with Crippen molar-refractivity contribution in [1.29, 1.82) is 0 Å². The molecule has 0 aromatic carbocycles. The zero-order chi connectivity index (χ0) is 30.7. The van der Waals surface area contributed by atoms with Crippen LogP contribution >= 0.6 is 11.8 Å². The number of aromatic nitrogens is 3.